The summed E-state index contributed by atoms with van der Waals surface area (Å²) in [6.45, 7) is 6.84. The highest BCUT2D eigenvalue weighted by atomic mass is 35.5. The van der Waals surface area contributed by atoms with Crippen LogP contribution in [0, 0.1) is 6.92 Å². The second kappa shape index (κ2) is 10.7. The van der Waals surface area contributed by atoms with Crippen LogP contribution in [0.4, 0.5) is 5.69 Å². The number of anilines is 1. The Morgan fingerprint density at radius 2 is 1.71 bits per heavy atom. The maximum atomic E-state index is 10.5. The van der Waals surface area contributed by atoms with Crippen LogP contribution in [-0.2, 0) is 0 Å². The quantitative estimate of drug-likeness (QED) is 0.634. The first-order valence-electron chi connectivity index (χ1n) is 11.7. The van der Waals surface area contributed by atoms with Crippen molar-refractivity contribution in [2.75, 3.05) is 44.2 Å². The summed E-state index contributed by atoms with van der Waals surface area (Å²) in [5, 5.41) is 11.3. The van der Waals surface area contributed by atoms with E-state index in [-0.39, 0.29) is 0 Å². The number of aryl methyl sites for hydroxylation is 1. The maximum Gasteiger partial charge on any atom is 0.119 e. The molecular weight excluding hydrogens is 408 g/mol. The third kappa shape index (κ3) is 6.15. The third-order valence-corrected chi connectivity index (χ3v) is 6.99. The van der Waals surface area contributed by atoms with E-state index in [2.05, 4.69) is 53.1 Å². The molecule has 1 heterocycles. The van der Waals surface area contributed by atoms with Gasteiger partial charge in [-0.25, -0.2) is 0 Å². The average Bonchev–Trinajstić information content (AvgIpc) is 2.81. The van der Waals surface area contributed by atoms with Crippen molar-refractivity contribution < 1.29 is 9.84 Å². The molecule has 168 valence electrons. The molecule has 4 rings (SSSR count). The fourth-order valence-electron chi connectivity index (χ4n) is 4.91. The number of piperazine rings is 1. The van der Waals surface area contributed by atoms with Crippen molar-refractivity contribution in [3.8, 4) is 5.75 Å². The molecule has 1 aliphatic carbocycles. The van der Waals surface area contributed by atoms with Gasteiger partial charge in [-0.3, -0.25) is 4.90 Å². The molecule has 4 nitrogen and oxygen atoms in total. The molecule has 0 radical (unpaired) electrons. The summed E-state index contributed by atoms with van der Waals surface area (Å²) in [4.78, 5) is 4.70. The standard InChI is InChI=1S/C26H35ClN2O2/c1-20-7-10-23(27)17-26(20)29-15-13-28(14-16-29)18-24(30)19-31-25-11-8-22(9-12-25)21-5-3-2-4-6-21/h7-12,17,21,24,30H,2-6,13-16,18-19H2,1H3/t24-/m0/s1. The van der Waals surface area contributed by atoms with Crippen molar-refractivity contribution in [3.63, 3.8) is 0 Å². The predicted molar refractivity (Wildman–Crippen MR) is 129 cm³/mol. The van der Waals surface area contributed by atoms with Crippen LogP contribution < -0.4 is 9.64 Å². The van der Waals surface area contributed by atoms with Crippen LogP contribution in [-0.4, -0.2) is 55.4 Å². The van der Waals surface area contributed by atoms with E-state index in [1.165, 1.54) is 48.9 Å². The summed E-state index contributed by atoms with van der Waals surface area (Å²) in [5.41, 5.74) is 3.90. The van der Waals surface area contributed by atoms with Gasteiger partial charge < -0.3 is 14.7 Å². The Bertz CT molecular complexity index is 828. The van der Waals surface area contributed by atoms with Gasteiger partial charge in [0.05, 0.1) is 0 Å². The number of rotatable bonds is 7. The number of β-amino-alcohol motifs (C(OH)–C–C–N with tert-alkyl or cyclic N) is 1. The van der Waals surface area contributed by atoms with Crippen LogP contribution in [0.15, 0.2) is 42.5 Å². The molecule has 1 atom stereocenters. The Labute approximate surface area is 191 Å². The van der Waals surface area contributed by atoms with Gasteiger partial charge in [0.2, 0.25) is 0 Å². The van der Waals surface area contributed by atoms with E-state index in [1.807, 2.05) is 6.07 Å². The second-order valence-electron chi connectivity index (χ2n) is 9.09. The number of nitrogens with zero attached hydrogens (tertiary/aromatic N) is 2. The zero-order valence-corrected chi connectivity index (χ0v) is 19.4. The van der Waals surface area contributed by atoms with Crippen LogP contribution in [0.2, 0.25) is 5.02 Å². The SMILES string of the molecule is Cc1ccc(Cl)cc1N1CCN(C[C@H](O)COc2ccc(C3CCCCC3)cc2)CC1. The number of benzene rings is 2. The molecule has 0 bridgehead atoms. The first-order valence-corrected chi connectivity index (χ1v) is 12.1. The van der Waals surface area contributed by atoms with E-state index in [4.69, 9.17) is 16.3 Å². The van der Waals surface area contributed by atoms with E-state index in [0.29, 0.717) is 19.1 Å². The lowest BCUT2D eigenvalue weighted by Crippen LogP contribution is -2.49. The second-order valence-corrected chi connectivity index (χ2v) is 9.52. The topological polar surface area (TPSA) is 35.9 Å². The van der Waals surface area contributed by atoms with Gasteiger partial charge in [0, 0.05) is 43.4 Å². The number of ether oxygens (including phenoxy) is 1. The largest absolute Gasteiger partial charge is 0.491 e. The first kappa shape index (κ1) is 22.4. The molecule has 2 aliphatic rings. The van der Waals surface area contributed by atoms with Gasteiger partial charge >= 0.3 is 0 Å². The Balaban J connectivity index is 1.20. The summed E-state index contributed by atoms with van der Waals surface area (Å²) in [6, 6.07) is 14.6. The molecular formula is C26H35ClN2O2. The lowest BCUT2D eigenvalue weighted by molar-refractivity contribution is 0.0663. The lowest BCUT2D eigenvalue weighted by atomic mass is 9.84. The molecule has 0 spiro atoms. The number of hydrogen-bond donors (Lipinski definition) is 1. The van der Waals surface area contributed by atoms with Gasteiger partial charge in [-0.2, -0.15) is 0 Å². The van der Waals surface area contributed by atoms with E-state index in [1.54, 1.807) is 0 Å². The van der Waals surface area contributed by atoms with Gasteiger partial charge in [0.1, 0.15) is 18.5 Å². The van der Waals surface area contributed by atoms with Crippen molar-refractivity contribution in [2.45, 2.75) is 51.0 Å². The normalized spacial score (nSPS) is 19.4. The lowest BCUT2D eigenvalue weighted by Gasteiger charge is -2.37. The predicted octanol–water partition coefficient (Wildman–Crippen LogP) is 5.26. The van der Waals surface area contributed by atoms with Crippen LogP contribution in [0.3, 0.4) is 0 Å². The van der Waals surface area contributed by atoms with Crippen molar-refractivity contribution in [1.82, 2.24) is 4.90 Å². The van der Waals surface area contributed by atoms with Crippen molar-refractivity contribution >= 4 is 17.3 Å². The van der Waals surface area contributed by atoms with E-state index >= 15 is 0 Å². The number of hydrogen-bond acceptors (Lipinski definition) is 4. The molecule has 2 aromatic carbocycles. The summed E-state index contributed by atoms with van der Waals surface area (Å²) >= 11 is 6.18. The molecule has 0 amide bonds. The van der Waals surface area contributed by atoms with Crippen LogP contribution >= 0.6 is 11.6 Å². The molecule has 1 N–H and O–H groups in total. The van der Waals surface area contributed by atoms with Gasteiger partial charge in [-0.05, 0) is 61.1 Å². The fraction of sp³-hybridized carbons (Fsp3) is 0.538. The van der Waals surface area contributed by atoms with Crippen molar-refractivity contribution in [2.24, 2.45) is 0 Å². The van der Waals surface area contributed by atoms with E-state index < -0.39 is 6.10 Å². The molecule has 1 saturated heterocycles. The molecule has 1 aliphatic heterocycles. The Morgan fingerprint density at radius 1 is 1.00 bits per heavy atom. The van der Waals surface area contributed by atoms with Gasteiger partial charge in [-0.1, -0.05) is 49.1 Å². The zero-order chi connectivity index (χ0) is 21.6. The van der Waals surface area contributed by atoms with Crippen molar-refractivity contribution in [3.05, 3.63) is 58.6 Å². The van der Waals surface area contributed by atoms with Gasteiger partial charge in [0.15, 0.2) is 0 Å². The Hall–Kier alpha value is -1.75. The molecule has 0 aromatic heterocycles. The minimum absolute atomic E-state index is 0.330. The minimum atomic E-state index is -0.488. The molecule has 2 aromatic rings. The summed E-state index contributed by atoms with van der Waals surface area (Å²) in [5.74, 6) is 1.56. The summed E-state index contributed by atoms with van der Waals surface area (Å²) < 4.78 is 5.87. The van der Waals surface area contributed by atoms with Crippen LogP contribution in [0.5, 0.6) is 5.75 Å². The smallest absolute Gasteiger partial charge is 0.119 e. The fourth-order valence-corrected chi connectivity index (χ4v) is 5.08. The Morgan fingerprint density at radius 3 is 2.42 bits per heavy atom. The van der Waals surface area contributed by atoms with Crippen LogP contribution in [0.1, 0.15) is 49.1 Å². The number of halogens is 1. The highest BCUT2D eigenvalue weighted by Gasteiger charge is 2.21. The monoisotopic (exact) mass is 442 g/mol. The zero-order valence-electron chi connectivity index (χ0n) is 18.6. The van der Waals surface area contributed by atoms with Gasteiger partial charge in [-0.15, -0.1) is 0 Å². The van der Waals surface area contributed by atoms with Crippen molar-refractivity contribution in [1.29, 1.82) is 0 Å². The number of aliphatic hydroxyl groups is 1. The van der Waals surface area contributed by atoms with E-state index in [0.717, 1.165) is 37.0 Å². The van der Waals surface area contributed by atoms with Gasteiger partial charge in [0.25, 0.3) is 0 Å². The number of aliphatic hydroxyl groups excluding tert-OH is 1. The van der Waals surface area contributed by atoms with Crippen LogP contribution in [0.25, 0.3) is 0 Å². The third-order valence-electron chi connectivity index (χ3n) is 6.75. The maximum absolute atomic E-state index is 10.5. The summed E-state index contributed by atoms with van der Waals surface area (Å²) in [7, 11) is 0. The molecule has 31 heavy (non-hydrogen) atoms. The Kier molecular flexibility index (Phi) is 7.76. The molecule has 5 heteroatoms. The first-order chi connectivity index (χ1) is 15.1. The minimum Gasteiger partial charge on any atom is -0.491 e. The van der Waals surface area contributed by atoms with E-state index in [9.17, 15) is 5.11 Å². The molecule has 1 saturated carbocycles. The molecule has 0 unspecified atom stereocenters. The summed E-state index contributed by atoms with van der Waals surface area (Å²) in [6.07, 6.45) is 6.21. The highest BCUT2D eigenvalue weighted by Crippen LogP contribution is 2.33. The average molecular weight is 443 g/mol. The molecule has 2 fully saturated rings. The highest BCUT2D eigenvalue weighted by molar-refractivity contribution is 6.30.